The molecule has 0 aromatic heterocycles. The van der Waals surface area contributed by atoms with Gasteiger partial charge in [0.25, 0.3) is 0 Å². The molecule has 0 aliphatic rings. The van der Waals surface area contributed by atoms with Crippen molar-refractivity contribution in [3.8, 4) is 0 Å². The van der Waals surface area contributed by atoms with Crippen LogP contribution in [0.15, 0.2) is 12.7 Å². The quantitative estimate of drug-likeness (QED) is 0.345. The van der Waals surface area contributed by atoms with E-state index in [2.05, 4.69) is 19.2 Å². The van der Waals surface area contributed by atoms with E-state index in [1.807, 2.05) is 0 Å². The fraction of sp³-hybridized carbons (Fsp3) is 0.500. The molecule has 0 radical (unpaired) electrons. The van der Waals surface area contributed by atoms with Crippen molar-refractivity contribution in [3.05, 3.63) is 12.7 Å². The summed E-state index contributed by atoms with van der Waals surface area (Å²) in [5.74, 6) is -0.815. The maximum atomic E-state index is 9.76. The van der Waals surface area contributed by atoms with Gasteiger partial charge in [-0.2, -0.15) is 12.6 Å². The molecule has 0 aliphatic heterocycles. The van der Waals surface area contributed by atoms with E-state index in [4.69, 9.17) is 16.6 Å². The molecule has 0 spiro atoms. The fourth-order valence-corrected chi connectivity index (χ4v) is 0.234. The van der Waals surface area contributed by atoms with E-state index in [1.165, 1.54) is 0 Å². The van der Waals surface area contributed by atoms with Crippen LogP contribution in [0.1, 0.15) is 0 Å². The third-order valence-electron chi connectivity index (χ3n) is 0.681. The van der Waals surface area contributed by atoms with Gasteiger partial charge in [-0.05, 0) is 0 Å². The Morgan fingerprint density at radius 1 is 1.82 bits per heavy atom. The number of carbonyl (C=O) groups is 1. The van der Waals surface area contributed by atoms with Crippen LogP contribution in [0.3, 0.4) is 0 Å². The second-order valence-corrected chi connectivity index (χ2v) is 2.02. The first kappa shape index (κ1) is 13.1. The van der Waals surface area contributed by atoms with Gasteiger partial charge in [0, 0.05) is 12.3 Å². The first-order valence-electron chi connectivity index (χ1n) is 3.00. The minimum atomic E-state index is -1.00. The second-order valence-electron chi connectivity index (χ2n) is 1.65. The SMILES string of the molecule is C=CCN.N[C@@H](CS)C(=O)O. The van der Waals surface area contributed by atoms with Crippen LogP contribution in [0.5, 0.6) is 0 Å². The van der Waals surface area contributed by atoms with Crippen molar-refractivity contribution in [2.45, 2.75) is 6.04 Å². The zero-order valence-electron chi connectivity index (χ0n) is 6.23. The van der Waals surface area contributed by atoms with Crippen LogP contribution in [0.25, 0.3) is 0 Å². The summed E-state index contributed by atoms with van der Waals surface area (Å²) in [6, 6.07) is -0.816. The lowest BCUT2D eigenvalue weighted by molar-refractivity contribution is -0.137. The van der Waals surface area contributed by atoms with Gasteiger partial charge in [0.1, 0.15) is 6.04 Å². The highest BCUT2D eigenvalue weighted by atomic mass is 32.1. The van der Waals surface area contributed by atoms with Crippen LogP contribution in [0.4, 0.5) is 0 Å². The summed E-state index contributed by atoms with van der Waals surface area (Å²) in [5, 5.41) is 8.01. The molecular formula is C6H14N2O2S. The Balaban J connectivity index is 0. The van der Waals surface area contributed by atoms with Crippen LogP contribution in [-0.4, -0.2) is 29.4 Å². The van der Waals surface area contributed by atoms with E-state index in [0.29, 0.717) is 6.54 Å². The molecule has 0 aromatic rings. The van der Waals surface area contributed by atoms with Gasteiger partial charge >= 0.3 is 5.97 Å². The molecule has 0 saturated heterocycles. The molecule has 5 heteroatoms. The molecule has 1 atom stereocenters. The van der Waals surface area contributed by atoms with Crippen LogP contribution in [0.2, 0.25) is 0 Å². The van der Waals surface area contributed by atoms with Gasteiger partial charge in [-0.15, -0.1) is 6.58 Å². The first-order chi connectivity index (χ1) is 5.09. The third kappa shape index (κ3) is 12.6. The largest absolute Gasteiger partial charge is 0.480 e. The number of rotatable bonds is 3. The summed E-state index contributed by atoms with van der Waals surface area (Å²) in [6.07, 6.45) is 1.65. The minimum Gasteiger partial charge on any atom is -0.480 e. The van der Waals surface area contributed by atoms with Crippen LogP contribution in [-0.2, 0) is 4.79 Å². The number of hydrogen-bond donors (Lipinski definition) is 4. The Labute approximate surface area is 71.7 Å². The highest BCUT2D eigenvalue weighted by molar-refractivity contribution is 7.80. The van der Waals surface area contributed by atoms with Crippen molar-refractivity contribution in [2.24, 2.45) is 11.5 Å². The van der Waals surface area contributed by atoms with E-state index in [9.17, 15) is 4.79 Å². The summed E-state index contributed by atoms with van der Waals surface area (Å²) < 4.78 is 0. The van der Waals surface area contributed by atoms with E-state index in [0.717, 1.165) is 0 Å². The van der Waals surface area contributed by atoms with Crippen molar-refractivity contribution in [1.29, 1.82) is 0 Å². The molecule has 0 bridgehead atoms. The van der Waals surface area contributed by atoms with Crippen LogP contribution < -0.4 is 11.5 Å². The maximum Gasteiger partial charge on any atom is 0.321 e. The Kier molecular flexibility index (Phi) is 11.3. The molecule has 0 rings (SSSR count). The molecule has 0 amide bonds. The molecule has 0 heterocycles. The number of nitrogens with two attached hydrogens (primary N) is 2. The Bertz CT molecular complexity index is 119. The Hall–Kier alpha value is -0.520. The number of aliphatic carboxylic acids is 1. The van der Waals surface area contributed by atoms with Crippen LogP contribution >= 0.6 is 12.6 Å². The standard InChI is InChI=1S/C3H7NO2S.C3H7N/c4-2(1-7)3(5)6;1-2-3-4/h2,7H,1,4H2,(H,5,6);2H,1,3-4H2/t2-;/m0./s1. The van der Waals surface area contributed by atoms with Gasteiger partial charge in [-0.25, -0.2) is 0 Å². The first-order valence-corrected chi connectivity index (χ1v) is 3.63. The summed E-state index contributed by atoms with van der Waals surface area (Å²) in [5.41, 5.74) is 9.85. The Morgan fingerprint density at radius 2 is 2.18 bits per heavy atom. The van der Waals surface area contributed by atoms with Gasteiger partial charge in [-0.3, -0.25) is 4.79 Å². The predicted octanol–water partition coefficient (Wildman–Crippen LogP) is -0.541. The predicted molar refractivity (Wildman–Crippen MR) is 48.7 cm³/mol. The average Bonchev–Trinajstić information content (AvgIpc) is 2.03. The molecule has 4 nitrogen and oxygen atoms in total. The topological polar surface area (TPSA) is 89.3 Å². The lowest BCUT2D eigenvalue weighted by atomic mass is 10.4. The highest BCUT2D eigenvalue weighted by Gasteiger charge is 2.06. The number of carboxylic acid groups (broad SMARTS) is 1. The molecule has 0 fully saturated rings. The number of thiol groups is 1. The number of carboxylic acids is 1. The molecular weight excluding hydrogens is 164 g/mol. The molecule has 0 unspecified atom stereocenters. The van der Waals surface area contributed by atoms with Gasteiger partial charge < -0.3 is 16.6 Å². The smallest absolute Gasteiger partial charge is 0.321 e. The van der Waals surface area contributed by atoms with Gasteiger partial charge in [-0.1, -0.05) is 6.08 Å². The van der Waals surface area contributed by atoms with Gasteiger partial charge in [0.05, 0.1) is 0 Å². The minimum absolute atomic E-state index is 0.190. The van der Waals surface area contributed by atoms with E-state index in [1.54, 1.807) is 6.08 Å². The van der Waals surface area contributed by atoms with Gasteiger partial charge in [0.2, 0.25) is 0 Å². The molecule has 0 aromatic carbocycles. The molecule has 66 valence electrons. The van der Waals surface area contributed by atoms with Gasteiger partial charge in [0.15, 0.2) is 0 Å². The van der Waals surface area contributed by atoms with E-state index < -0.39 is 12.0 Å². The van der Waals surface area contributed by atoms with Crippen molar-refractivity contribution < 1.29 is 9.90 Å². The van der Waals surface area contributed by atoms with Crippen molar-refractivity contribution in [3.63, 3.8) is 0 Å². The maximum absolute atomic E-state index is 9.76. The number of hydrogen-bond acceptors (Lipinski definition) is 4. The summed E-state index contributed by atoms with van der Waals surface area (Å²) in [7, 11) is 0. The molecule has 0 saturated carbocycles. The van der Waals surface area contributed by atoms with Crippen molar-refractivity contribution >= 4 is 18.6 Å². The van der Waals surface area contributed by atoms with Crippen molar-refractivity contribution in [1.82, 2.24) is 0 Å². The molecule has 0 aliphatic carbocycles. The molecule has 5 N–H and O–H groups in total. The summed E-state index contributed by atoms with van der Waals surface area (Å²) in [6.45, 7) is 3.94. The third-order valence-corrected chi connectivity index (χ3v) is 1.07. The Morgan fingerprint density at radius 3 is 2.18 bits per heavy atom. The summed E-state index contributed by atoms with van der Waals surface area (Å²) in [4.78, 5) is 9.76. The second kappa shape index (κ2) is 9.48. The van der Waals surface area contributed by atoms with E-state index in [-0.39, 0.29) is 5.75 Å². The lowest BCUT2D eigenvalue weighted by Crippen LogP contribution is -2.31. The van der Waals surface area contributed by atoms with Crippen LogP contribution in [0, 0.1) is 0 Å². The zero-order chi connectivity index (χ0) is 9.28. The average molecular weight is 178 g/mol. The van der Waals surface area contributed by atoms with Crippen molar-refractivity contribution in [2.75, 3.05) is 12.3 Å². The monoisotopic (exact) mass is 178 g/mol. The van der Waals surface area contributed by atoms with E-state index >= 15 is 0 Å². The fourth-order valence-electron chi connectivity index (χ4n) is 0.0781. The lowest BCUT2D eigenvalue weighted by Gasteiger charge is -1.96. The molecule has 11 heavy (non-hydrogen) atoms. The normalized spacial score (nSPS) is 10.8. The highest BCUT2D eigenvalue weighted by Crippen LogP contribution is 1.80. The summed E-state index contributed by atoms with van der Waals surface area (Å²) >= 11 is 3.65. The zero-order valence-corrected chi connectivity index (χ0v) is 7.13.